The number of hydrogen-bond donors (Lipinski definition) is 1. The van der Waals surface area contributed by atoms with Gasteiger partial charge in [0.25, 0.3) is 0 Å². The Hall–Kier alpha value is -1.56. The number of piperidine rings is 1. The van der Waals surface area contributed by atoms with Gasteiger partial charge in [0.2, 0.25) is 5.95 Å². The summed E-state index contributed by atoms with van der Waals surface area (Å²) >= 11 is 12.2. The highest BCUT2D eigenvalue weighted by molar-refractivity contribution is 6.35. The van der Waals surface area contributed by atoms with Gasteiger partial charge in [-0.05, 0) is 25.0 Å². The van der Waals surface area contributed by atoms with Gasteiger partial charge >= 0.3 is 0 Å². The minimum absolute atomic E-state index is 0.254. The van der Waals surface area contributed by atoms with E-state index in [2.05, 4.69) is 9.97 Å². The predicted molar refractivity (Wildman–Crippen MR) is 90.3 cm³/mol. The summed E-state index contributed by atoms with van der Waals surface area (Å²) in [5.74, 6) is 1.15. The summed E-state index contributed by atoms with van der Waals surface area (Å²) < 4.78 is 5.66. The van der Waals surface area contributed by atoms with Crippen LogP contribution >= 0.6 is 23.2 Å². The van der Waals surface area contributed by atoms with Crippen LogP contribution in [0.25, 0.3) is 0 Å². The number of benzene rings is 1. The van der Waals surface area contributed by atoms with Gasteiger partial charge in [0.1, 0.15) is 6.61 Å². The number of nitrogens with zero attached hydrogens (tertiary/aromatic N) is 3. The number of ether oxygens (including phenoxy) is 1. The molecule has 0 bridgehead atoms. The fourth-order valence-corrected chi connectivity index (χ4v) is 3.02. The average molecular weight is 354 g/mol. The van der Waals surface area contributed by atoms with E-state index in [1.807, 2.05) is 4.90 Å². The van der Waals surface area contributed by atoms with Gasteiger partial charge in [-0.3, -0.25) is 0 Å². The quantitative estimate of drug-likeness (QED) is 0.913. The van der Waals surface area contributed by atoms with Crippen molar-refractivity contribution in [2.45, 2.75) is 25.6 Å². The standard InChI is InChI=1S/C16H17Cl2N3O2/c17-14-4-1-5-15(18)13(14)10-23-12-7-19-16(20-8-12)21-6-2-3-11(22)9-21/h1,4-5,7-8,11,22H,2-3,6,9-10H2. The first-order valence-corrected chi connectivity index (χ1v) is 8.20. The van der Waals surface area contributed by atoms with Crippen molar-refractivity contribution in [2.24, 2.45) is 0 Å². The molecule has 5 nitrogen and oxygen atoms in total. The second-order valence-corrected chi connectivity index (χ2v) is 6.26. The Morgan fingerprint density at radius 1 is 1.22 bits per heavy atom. The van der Waals surface area contributed by atoms with Crippen LogP contribution in [0.4, 0.5) is 5.95 Å². The molecule has 23 heavy (non-hydrogen) atoms. The lowest BCUT2D eigenvalue weighted by Gasteiger charge is -2.29. The first-order valence-electron chi connectivity index (χ1n) is 7.44. The van der Waals surface area contributed by atoms with Crippen LogP contribution in [0.2, 0.25) is 10.0 Å². The summed E-state index contributed by atoms with van der Waals surface area (Å²) in [6, 6.07) is 5.33. The average Bonchev–Trinajstić information content (AvgIpc) is 2.55. The van der Waals surface area contributed by atoms with Gasteiger partial charge < -0.3 is 14.7 Å². The first kappa shape index (κ1) is 16.3. The maximum absolute atomic E-state index is 9.71. The van der Waals surface area contributed by atoms with Crippen molar-refractivity contribution in [1.82, 2.24) is 9.97 Å². The number of aromatic nitrogens is 2. The van der Waals surface area contributed by atoms with E-state index in [1.54, 1.807) is 30.6 Å². The van der Waals surface area contributed by atoms with Gasteiger partial charge in [0.15, 0.2) is 5.75 Å². The van der Waals surface area contributed by atoms with Crippen molar-refractivity contribution in [3.8, 4) is 5.75 Å². The summed E-state index contributed by atoms with van der Waals surface area (Å²) in [5, 5.41) is 10.8. The van der Waals surface area contributed by atoms with E-state index in [0.29, 0.717) is 28.3 Å². The summed E-state index contributed by atoms with van der Waals surface area (Å²) in [7, 11) is 0. The molecule has 0 aliphatic carbocycles. The molecule has 1 aromatic carbocycles. The Kier molecular flexibility index (Phi) is 5.20. The maximum Gasteiger partial charge on any atom is 0.225 e. The number of hydrogen-bond acceptors (Lipinski definition) is 5. The Morgan fingerprint density at radius 3 is 2.57 bits per heavy atom. The van der Waals surface area contributed by atoms with Crippen LogP contribution in [0, 0.1) is 0 Å². The van der Waals surface area contributed by atoms with E-state index in [0.717, 1.165) is 24.9 Å². The molecule has 1 aromatic heterocycles. The van der Waals surface area contributed by atoms with Crippen LogP contribution in [0.3, 0.4) is 0 Å². The molecular weight excluding hydrogens is 337 g/mol. The normalized spacial score (nSPS) is 18.0. The summed E-state index contributed by atoms with van der Waals surface area (Å²) in [4.78, 5) is 10.6. The van der Waals surface area contributed by atoms with E-state index in [4.69, 9.17) is 27.9 Å². The third-order valence-electron chi connectivity index (χ3n) is 3.74. The van der Waals surface area contributed by atoms with Crippen molar-refractivity contribution in [3.05, 3.63) is 46.2 Å². The Morgan fingerprint density at radius 2 is 1.91 bits per heavy atom. The number of aliphatic hydroxyl groups is 1. The number of aliphatic hydroxyl groups excluding tert-OH is 1. The molecular formula is C16H17Cl2N3O2. The Labute approximate surface area is 144 Å². The zero-order valence-electron chi connectivity index (χ0n) is 12.5. The summed E-state index contributed by atoms with van der Waals surface area (Å²) in [6.45, 7) is 1.67. The van der Waals surface area contributed by atoms with Gasteiger partial charge in [-0.15, -0.1) is 0 Å². The molecule has 1 atom stereocenters. The second kappa shape index (κ2) is 7.34. The molecule has 1 aliphatic heterocycles. The molecule has 0 saturated carbocycles. The highest BCUT2D eigenvalue weighted by atomic mass is 35.5. The molecule has 122 valence electrons. The van der Waals surface area contributed by atoms with Crippen LogP contribution in [-0.4, -0.2) is 34.3 Å². The van der Waals surface area contributed by atoms with Gasteiger partial charge in [-0.1, -0.05) is 29.3 Å². The van der Waals surface area contributed by atoms with E-state index >= 15 is 0 Å². The second-order valence-electron chi connectivity index (χ2n) is 5.45. The van der Waals surface area contributed by atoms with Crippen molar-refractivity contribution in [2.75, 3.05) is 18.0 Å². The monoisotopic (exact) mass is 353 g/mol. The minimum atomic E-state index is -0.314. The molecule has 0 spiro atoms. The molecule has 1 N–H and O–H groups in total. The minimum Gasteiger partial charge on any atom is -0.486 e. The van der Waals surface area contributed by atoms with Crippen molar-refractivity contribution < 1.29 is 9.84 Å². The van der Waals surface area contributed by atoms with Gasteiger partial charge in [-0.2, -0.15) is 0 Å². The molecule has 7 heteroatoms. The molecule has 0 amide bonds. The Balaban J connectivity index is 1.63. The highest BCUT2D eigenvalue weighted by Crippen LogP contribution is 2.26. The number of halogens is 2. The third-order valence-corrected chi connectivity index (χ3v) is 4.45. The lowest BCUT2D eigenvalue weighted by atomic mass is 10.1. The Bertz CT molecular complexity index is 647. The van der Waals surface area contributed by atoms with Crippen LogP contribution in [0.1, 0.15) is 18.4 Å². The molecule has 3 rings (SSSR count). The molecule has 1 saturated heterocycles. The van der Waals surface area contributed by atoms with Crippen molar-refractivity contribution >= 4 is 29.2 Å². The number of rotatable bonds is 4. The van der Waals surface area contributed by atoms with E-state index in [9.17, 15) is 5.11 Å². The molecule has 0 radical (unpaired) electrons. The van der Waals surface area contributed by atoms with E-state index in [1.165, 1.54) is 0 Å². The summed E-state index contributed by atoms with van der Waals surface area (Å²) in [6.07, 6.45) is 4.69. The largest absolute Gasteiger partial charge is 0.486 e. The van der Waals surface area contributed by atoms with Crippen LogP contribution in [0.15, 0.2) is 30.6 Å². The van der Waals surface area contributed by atoms with Crippen molar-refractivity contribution in [3.63, 3.8) is 0 Å². The van der Waals surface area contributed by atoms with Crippen LogP contribution < -0.4 is 9.64 Å². The van der Waals surface area contributed by atoms with E-state index < -0.39 is 0 Å². The number of β-amino-alcohol motifs (C(OH)–C–C–N with tert-alkyl or cyclic N) is 1. The van der Waals surface area contributed by atoms with E-state index in [-0.39, 0.29) is 12.7 Å². The van der Waals surface area contributed by atoms with Gasteiger partial charge in [0, 0.05) is 28.7 Å². The van der Waals surface area contributed by atoms with Crippen LogP contribution in [-0.2, 0) is 6.61 Å². The zero-order chi connectivity index (χ0) is 16.2. The molecule has 1 aliphatic rings. The smallest absolute Gasteiger partial charge is 0.225 e. The molecule has 1 fully saturated rings. The van der Waals surface area contributed by atoms with Gasteiger partial charge in [-0.25, -0.2) is 9.97 Å². The van der Waals surface area contributed by atoms with Gasteiger partial charge in [0.05, 0.1) is 18.5 Å². The third kappa shape index (κ3) is 4.05. The lowest BCUT2D eigenvalue weighted by molar-refractivity contribution is 0.153. The first-order chi connectivity index (χ1) is 11.1. The molecule has 2 aromatic rings. The molecule has 1 unspecified atom stereocenters. The van der Waals surface area contributed by atoms with Crippen molar-refractivity contribution in [1.29, 1.82) is 0 Å². The molecule has 2 heterocycles. The van der Waals surface area contributed by atoms with Crippen LogP contribution in [0.5, 0.6) is 5.75 Å². The lowest BCUT2D eigenvalue weighted by Crippen LogP contribution is -2.39. The SMILES string of the molecule is OC1CCCN(c2ncc(OCc3c(Cl)cccc3Cl)cn2)C1. The maximum atomic E-state index is 9.71. The topological polar surface area (TPSA) is 58.5 Å². The summed E-state index contributed by atoms with van der Waals surface area (Å²) in [5.41, 5.74) is 0.735. The zero-order valence-corrected chi connectivity index (χ0v) is 14.0. The fraction of sp³-hybridized carbons (Fsp3) is 0.375. The highest BCUT2D eigenvalue weighted by Gasteiger charge is 2.19. The predicted octanol–water partition coefficient (Wildman–Crippen LogP) is 3.32. The fourth-order valence-electron chi connectivity index (χ4n) is 2.51. The number of anilines is 1.